The molecule has 0 radical (unpaired) electrons. The summed E-state index contributed by atoms with van der Waals surface area (Å²) in [4.78, 5) is 6.95. The first-order valence-corrected chi connectivity index (χ1v) is 7.28. The molecule has 0 saturated heterocycles. The lowest BCUT2D eigenvalue weighted by atomic mass is 10.0. The van der Waals surface area contributed by atoms with Crippen molar-refractivity contribution in [2.75, 3.05) is 18.5 Å². The molecule has 1 aliphatic rings. The normalized spacial score (nSPS) is 14.8. The van der Waals surface area contributed by atoms with E-state index in [4.69, 9.17) is 0 Å². The number of benzene rings is 1. The third kappa shape index (κ3) is 2.83. The van der Waals surface area contributed by atoms with E-state index in [1.807, 2.05) is 13.2 Å². The largest absolute Gasteiger partial charge is 0.352 e. The fourth-order valence-corrected chi connectivity index (χ4v) is 2.84. The van der Waals surface area contributed by atoms with E-state index in [1.165, 1.54) is 29.5 Å². The lowest BCUT2D eigenvalue weighted by Crippen LogP contribution is -2.23. The van der Waals surface area contributed by atoms with E-state index < -0.39 is 0 Å². The van der Waals surface area contributed by atoms with Crippen LogP contribution in [-0.2, 0) is 19.5 Å². The van der Waals surface area contributed by atoms with Crippen LogP contribution in [0.25, 0.3) is 0 Å². The van der Waals surface area contributed by atoms with E-state index in [0.29, 0.717) is 0 Å². The standard InChI is InChI=1S/C17H21N3/c1-18-12-14-8-9-19-17(11-14)20-10-4-7-15-5-2-3-6-16(15)13-20/h2-3,5-6,8-9,11,18H,4,7,10,12-13H2,1H3. The van der Waals surface area contributed by atoms with E-state index >= 15 is 0 Å². The van der Waals surface area contributed by atoms with Crippen LogP contribution in [-0.4, -0.2) is 18.6 Å². The van der Waals surface area contributed by atoms with Crippen molar-refractivity contribution in [2.24, 2.45) is 0 Å². The van der Waals surface area contributed by atoms with Crippen molar-refractivity contribution in [2.45, 2.75) is 25.9 Å². The first kappa shape index (κ1) is 13.1. The highest BCUT2D eigenvalue weighted by Crippen LogP contribution is 2.22. The maximum atomic E-state index is 4.56. The molecule has 0 amide bonds. The van der Waals surface area contributed by atoms with Crippen molar-refractivity contribution in [1.29, 1.82) is 0 Å². The topological polar surface area (TPSA) is 28.2 Å². The summed E-state index contributed by atoms with van der Waals surface area (Å²) in [7, 11) is 1.97. The maximum absolute atomic E-state index is 4.56. The number of hydrogen-bond donors (Lipinski definition) is 1. The number of nitrogens with zero attached hydrogens (tertiary/aromatic N) is 2. The highest BCUT2D eigenvalue weighted by atomic mass is 15.2. The molecule has 1 aromatic carbocycles. The Hall–Kier alpha value is -1.87. The van der Waals surface area contributed by atoms with Gasteiger partial charge in [0.2, 0.25) is 0 Å². The average Bonchev–Trinajstić information content (AvgIpc) is 2.70. The summed E-state index contributed by atoms with van der Waals surface area (Å²) >= 11 is 0. The van der Waals surface area contributed by atoms with Gasteiger partial charge in [-0.2, -0.15) is 0 Å². The molecule has 2 aromatic rings. The summed E-state index contributed by atoms with van der Waals surface area (Å²) in [5.41, 5.74) is 4.21. The molecule has 0 saturated carbocycles. The average molecular weight is 267 g/mol. The van der Waals surface area contributed by atoms with Crippen LogP contribution in [0, 0.1) is 0 Å². The number of nitrogens with one attached hydrogen (secondary N) is 1. The van der Waals surface area contributed by atoms with Gasteiger partial charge < -0.3 is 10.2 Å². The molecule has 0 atom stereocenters. The molecule has 0 bridgehead atoms. The molecule has 104 valence electrons. The fourth-order valence-electron chi connectivity index (χ4n) is 2.84. The van der Waals surface area contributed by atoms with Crippen LogP contribution in [0.3, 0.4) is 0 Å². The van der Waals surface area contributed by atoms with E-state index in [2.05, 4.69) is 51.6 Å². The minimum absolute atomic E-state index is 0.889. The smallest absolute Gasteiger partial charge is 0.129 e. The van der Waals surface area contributed by atoms with Crippen molar-refractivity contribution in [3.63, 3.8) is 0 Å². The number of pyridine rings is 1. The molecule has 3 nitrogen and oxygen atoms in total. The second-order valence-corrected chi connectivity index (χ2v) is 5.35. The number of fused-ring (bicyclic) bond motifs is 1. The molecule has 2 heterocycles. The third-order valence-electron chi connectivity index (χ3n) is 3.87. The van der Waals surface area contributed by atoms with Crippen LogP contribution in [0.1, 0.15) is 23.1 Å². The Labute approximate surface area is 120 Å². The number of anilines is 1. The van der Waals surface area contributed by atoms with Crippen molar-refractivity contribution in [3.05, 3.63) is 59.3 Å². The zero-order valence-corrected chi connectivity index (χ0v) is 12.0. The van der Waals surface area contributed by atoms with E-state index in [-0.39, 0.29) is 0 Å². The van der Waals surface area contributed by atoms with E-state index in [0.717, 1.165) is 25.5 Å². The van der Waals surface area contributed by atoms with Gasteiger partial charge in [-0.25, -0.2) is 4.98 Å². The monoisotopic (exact) mass is 267 g/mol. The summed E-state index contributed by atoms with van der Waals surface area (Å²) in [6.07, 6.45) is 4.27. The molecular formula is C17H21N3. The molecule has 20 heavy (non-hydrogen) atoms. The molecule has 1 aromatic heterocycles. The molecule has 3 heteroatoms. The molecule has 1 aliphatic heterocycles. The van der Waals surface area contributed by atoms with Gasteiger partial charge in [0.25, 0.3) is 0 Å². The second-order valence-electron chi connectivity index (χ2n) is 5.35. The summed E-state index contributed by atoms with van der Waals surface area (Å²) in [6, 6.07) is 13.0. The SMILES string of the molecule is CNCc1ccnc(N2CCCc3ccccc3C2)c1. The summed E-state index contributed by atoms with van der Waals surface area (Å²) in [6.45, 7) is 2.93. The summed E-state index contributed by atoms with van der Waals surface area (Å²) in [5.74, 6) is 1.09. The van der Waals surface area contributed by atoms with Crippen molar-refractivity contribution >= 4 is 5.82 Å². The van der Waals surface area contributed by atoms with Gasteiger partial charge in [0.1, 0.15) is 5.82 Å². The van der Waals surface area contributed by atoms with Crippen molar-refractivity contribution in [3.8, 4) is 0 Å². The molecule has 0 fully saturated rings. The Kier molecular flexibility index (Phi) is 3.97. The molecule has 3 rings (SSSR count). The van der Waals surface area contributed by atoms with Gasteiger partial charge in [0.15, 0.2) is 0 Å². The fraction of sp³-hybridized carbons (Fsp3) is 0.353. The first-order valence-electron chi connectivity index (χ1n) is 7.28. The van der Waals surface area contributed by atoms with Crippen LogP contribution in [0.2, 0.25) is 0 Å². The molecule has 1 N–H and O–H groups in total. The Morgan fingerprint density at radius 2 is 2.05 bits per heavy atom. The third-order valence-corrected chi connectivity index (χ3v) is 3.87. The van der Waals surface area contributed by atoms with Crippen LogP contribution in [0.5, 0.6) is 0 Å². The van der Waals surface area contributed by atoms with E-state index in [1.54, 1.807) is 0 Å². The van der Waals surface area contributed by atoms with Crippen LogP contribution < -0.4 is 10.2 Å². The Morgan fingerprint density at radius 3 is 2.90 bits per heavy atom. The van der Waals surface area contributed by atoms with Gasteiger partial charge in [-0.05, 0) is 48.7 Å². The van der Waals surface area contributed by atoms with Gasteiger partial charge in [0, 0.05) is 25.8 Å². The quantitative estimate of drug-likeness (QED) is 0.927. The number of rotatable bonds is 3. The highest BCUT2D eigenvalue weighted by Gasteiger charge is 2.15. The van der Waals surface area contributed by atoms with Crippen LogP contribution >= 0.6 is 0 Å². The number of hydrogen-bond acceptors (Lipinski definition) is 3. The highest BCUT2D eigenvalue weighted by molar-refractivity contribution is 5.44. The van der Waals surface area contributed by atoms with Gasteiger partial charge in [-0.15, -0.1) is 0 Å². The summed E-state index contributed by atoms with van der Waals surface area (Å²) < 4.78 is 0. The van der Waals surface area contributed by atoms with E-state index in [9.17, 15) is 0 Å². The lowest BCUT2D eigenvalue weighted by Gasteiger charge is -2.22. The predicted octanol–water partition coefficient (Wildman–Crippen LogP) is 2.75. The molecule has 0 spiro atoms. The maximum Gasteiger partial charge on any atom is 0.129 e. The molecule has 0 unspecified atom stereocenters. The predicted molar refractivity (Wildman–Crippen MR) is 82.8 cm³/mol. The second kappa shape index (κ2) is 6.06. The lowest BCUT2D eigenvalue weighted by molar-refractivity contribution is 0.750. The zero-order chi connectivity index (χ0) is 13.8. The van der Waals surface area contributed by atoms with Gasteiger partial charge in [0.05, 0.1) is 0 Å². The minimum Gasteiger partial charge on any atom is -0.352 e. The van der Waals surface area contributed by atoms with Gasteiger partial charge >= 0.3 is 0 Å². The van der Waals surface area contributed by atoms with Gasteiger partial charge in [-0.3, -0.25) is 0 Å². The van der Waals surface area contributed by atoms with Crippen LogP contribution in [0.15, 0.2) is 42.6 Å². The van der Waals surface area contributed by atoms with Crippen LogP contribution in [0.4, 0.5) is 5.82 Å². The Balaban J connectivity index is 1.85. The Bertz CT molecular complexity index is 580. The number of aromatic nitrogens is 1. The van der Waals surface area contributed by atoms with Crippen molar-refractivity contribution < 1.29 is 0 Å². The molecular weight excluding hydrogens is 246 g/mol. The van der Waals surface area contributed by atoms with Gasteiger partial charge in [-0.1, -0.05) is 24.3 Å². The first-order chi connectivity index (χ1) is 9.86. The van der Waals surface area contributed by atoms with Crippen molar-refractivity contribution in [1.82, 2.24) is 10.3 Å². The summed E-state index contributed by atoms with van der Waals surface area (Å²) in [5, 5.41) is 3.20. The number of aryl methyl sites for hydroxylation is 1. The zero-order valence-electron chi connectivity index (χ0n) is 12.0. The minimum atomic E-state index is 0.889. The molecule has 0 aliphatic carbocycles. The Morgan fingerprint density at radius 1 is 1.20 bits per heavy atom.